The first kappa shape index (κ1) is 15.3. The van der Waals surface area contributed by atoms with Gasteiger partial charge in [0.2, 0.25) is 0 Å². The number of rotatable bonds is 2. The molecule has 1 aromatic heterocycles. The maximum atomic E-state index is 12.3. The zero-order valence-electron chi connectivity index (χ0n) is 12.2. The summed E-state index contributed by atoms with van der Waals surface area (Å²) in [6, 6.07) is 1.54. The van der Waals surface area contributed by atoms with Crippen molar-refractivity contribution in [2.24, 2.45) is 5.73 Å². The molecule has 0 spiro atoms. The Balaban J connectivity index is 2.11. The molecule has 2 rings (SSSR count). The van der Waals surface area contributed by atoms with E-state index in [1.54, 1.807) is 16.2 Å². The van der Waals surface area contributed by atoms with Gasteiger partial charge in [0.25, 0.3) is 0 Å². The van der Waals surface area contributed by atoms with E-state index >= 15 is 0 Å². The Morgan fingerprint density at radius 2 is 2.35 bits per heavy atom. The highest BCUT2D eigenvalue weighted by molar-refractivity contribution is 7.07. The Bertz CT molecular complexity index is 442. The van der Waals surface area contributed by atoms with E-state index in [4.69, 9.17) is 15.2 Å². The summed E-state index contributed by atoms with van der Waals surface area (Å²) in [6.07, 6.45) is -0.323. The molecule has 1 aliphatic rings. The van der Waals surface area contributed by atoms with Crippen LogP contribution in [0.3, 0.4) is 0 Å². The number of nitrogens with zero attached hydrogens (tertiary/aromatic N) is 1. The van der Waals surface area contributed by atoms with E-state index in [0.717, 1.165) is 5.56 Å². The van der Waals surface area contributed by atoms with Crippen LogP contribution in [0.5, 0.6) is 0 Å². The third kappa shape index (κ3) is 3.71. The standard InChI is InChI=1S/C14H22N2O3S/c1-14(2,3)19-13(17)16-5-6-18-8-11(16)12(15)10-4-7-20-9-10/h4,7,9,11-12H,5-6,8,15H2,1-3H3. The highest BCUT2D eigenvalue weighted by atomic mass is 32.1. The van der Waals surface area contributed by atoms with Gasteiger partial charge >= 0.3 is 6.09 Å². The fourth-order valence-electron chi connectivity index (χ4n) is 2.15. The second-order valence-corrected chi connectivity index (χ2v) is 6.68. The lowest BCUT2D eigenvalue weighted by Crippen LogP contribution is -2.54. The monoisotopic (exact) mass is 298 g/mol. The summed E-state index contributed by atoms with van der Waals surface area (Å²) in [5, 5.41) is 3.99. The number of hydrogen-bond acceptors (Lipinski definition) is 5. The number of morpholine rings is 1. The molecule has 1 aliphatic heterocycles. The predicted octanol–water partition coefficient (Wildman–Crippen LogP) is 2.38. The first-order valence-corrected chi connectivity index (χ1v) is 7.68. The summed E-state index contributed by atoms with van der Waals surface area (Å²) in [5.74, 6) is 0. The quantitative estimate of drug-likeness (QED) is 0.910. The lowest BCUT2D eigenvalue weighted by Gasteiger charge is -2.39. The van der Waals surface area contributed by atoms with Crippen LogP contribution in [0.1, 0.15) is 32.4 Å². The molecule has 2 unspecified atom stereocenters. The summed E-state index contributed by atoms with van der Waals surface area (Å²) in [7, 11) is 0. The Kier molecular flexibility index (Phi) is 4.67. The highest BCUT2D eigenvalue weighted by Gasteiger charge is 2.35. The highest BCUT2D eigenvalue weighted by Crippen LogP contribution is 2.24. The minimum Gasteiger partial charge on any atom is -0.444 e. The van der Waals surface area contributed by atoms with Gasteiger partial charge in [-0.2, -0.15) is 11.3 Å². The van der Waals surface area contributed by atoms with E-state index in [2.05, 4.69) is 0 Å². The molecule has 0 bridgehead atoms. The first-order chi connectivity index (χ1) is 9.38. The first-order valence-electron chi connectivity index (χ1n) is 6.73. The molecular weight excluding hydrogens is 276 g/mol. The Labute approximate surface area is 123 Å². The average Bonchev–Trinajstić information content (AvgIpc) is 2.89. The lowest BCUT2D eigenvalue weighted by molar-refractivity contribution is -0.0381. The zero-order chi connectivity index (χ0) is 14.8. The zero-order valence-corrected chi connectivity index (χ0v) is 13.0. The van der Waals surface area contributed by atoms with Crippen LogP contribution in [0.2, 0.25) is 0 Å². The summed E-state index contributed by atoms with van der Waals surface area (Å²) < 4.78 is 10.9. The molecule has 0 saturated carbocycles. The van der Waals surface area contributed by atoms with E-state index in [0.29, 0.717) is 19.8 Å². The minimum atomic E-state index is -0.508. The van der Waals surface area contributed by atoms with Crippen LogP contribution in [0.25, 0.3) is 0 Å². The van der Waals surface area contributed by atoms with Gasteiger partial charge in [-0.05, 0) is 43.2 Å². The molecule has 1 amide bonds. The van der Waals surface area contributed by atoms with E-state index in [1.807, 2.05) is 37.6 Å². The Morgan fingerprint density at radius 3 is 2.95 bits per heavy atom. The van der Waals surface area contributed by atoms with Gasteiger partial charge in [-0.3, -0.25) is 4.90 Å². The molecule has 2 N–H and O–H groups in total. The Morgan fingerprint density at radius 1 is 1.60 bits per heavy atom. The molecule has 2 atom stereocenters. The van der Waals surface area contributed by atoms with Crippen molar-refractivity contribution in [3.63, 3.8) is 0 Å². The van der Waals surface area contributed by atoms with Crippen LogP contribution in [-0.4, -0.2) is 42.4 Å². The van der Waals surface area contributed by atoms with Crippen LogP contribution < -0.4 is 5.73 Å². The number of carbonyl (C=O) groups is 1. The number of carbonyl (C=O) groups excluding carboxylic acids is 1. The third-order valence-electron chi connectivity index (χ3n) is 3.14. The fourth-order valence-corrected chi connectivity index (χ4v) is 2.86. The van der Waals surface area contributed by atoms with Crippen molar-refractivity contribution in [2.75, 3.05) is 19.8 Å². The number of nitrogens with two attached hydrogens (primary N) is 1. The molecule has 20 heavy (non-hydrogen) atoms. The summed E-state index contributed by atoms with van der Waals surface area (Å²) in [4.78, 5) is 14.0. The molecular formula is C14H22N2O3S. The van der Waals surface area contributed by atoms with Crippen molar-refractivity contribution in [3.05, 3.63) is 22.4 Å². The molecule has 0 radical (unpaired) electrons. The topological polar surface area (TPSA) is 64.8 Å². The van der Waals surface area contributed by atoms with Gasteiger partial charge in [0, 0.05) is 6.54 Å². The van der Waals surface area contributed by atoms with Crippen LogP contribution in [0.15, 0.2) is 16.8 Å². The lowest BCUT2D eigenvalue weighted by atomic mass is 10.0. The van der Waals surface area contributed by atoms with Gasteiger partial charge in [-0.15, -0.1) is 0 Å². The van der Waals surface area contributed by atoms with E-state index in [-0.39, 0.29) is 18.2 Å². The van der Waals surface area contributed by atoms with Gasteiger partial charge in [0.15, 0.2) is 0 Å². The van der Waals surface area contributed by atoms with Crippen LogP contribution in [0, 0.1) is 0 Å². The van der Waals surface area contributed by atoms with Gasteiger partial charge in [0.1, 0.15) is 5.60 Å². The molecule has 5 nitrogen and oxygen atoms in total. The maximum Gasteiger partial charge on any atom is 0.410 e. The van der Waals surface area contributed by atoms with E-state index in [9.17, 15) is 4.79 Å². The normalized spacial score (nSPS) is 21.6. The number of hydrogen-bond donors (Lipinski definition) is 1. The van der Waals surface area contributed by atoms with Crippen molar-refractivity contribution in [1.29, 1.82) is 0 Å². The predicted molar refractivity (Wildman–Crippen MR) is 78.8 cm³/mol. The van der Waals surface area contributed by atoms with Crippen LogP contribution in [0.4, 0.5) is 4.79 Å². The fraction of sp³-hybridized carbons (Fsp3) is 0.643. The summed E-state index contributed by atoms with van der Waals surface area (Å²) in [5.41, 5.74) is 6.80. The van der Waals surface area contributed by atoms with Crippen molar-refractivity contribution >= 4 is 17.4 Å². The van der Waals surface area contributed by atoms with Crippen molar-refractivity contribution in [3.8, 4) is 0 Å². The van der Waals surface area contributed by atoms with Crippen molar-refractivity contribution in [2.45, 2.75) is 38.5 Å². The van der Waals surface area contributed by atoms with Gasteiger partial charge in [-0.1, -0.05) is 0 Å². The maximum absolute atomic E-state index is 12.3. The number of ether oxygens (including phenoxy) is 2. The van der Waals surface area contributed by atoms with Crippen LogP contribution in [-0.2, 0) is 9.47 Å². The van der Waals surface area contributed by atoms with E-state index < -0.39 is 5.60 Å². The SMILES string of the molecule is CC(C)(C)OC(=O)N1CCOCC1C(N)c1ccsc1. The molecule has 1 fully saturated rings. The van der Waals surface area contributed by atoms with Crippen molar-refractivity contribution in [1.82, 2.24) is 4.90 Å². The molecule has 1 aromatic rings. The van der Waals surface area contributed by atoms with Gasteiger partial charge in [0.05, 0.1) is 25.3 Å². The molecule has 112 valence electrons. The molecule has 2 heterocycles. The summed E-state index contributed by atoms with van der Waals surface area (Å²) in [6.45, 7) is 7.05. The number of thiophene rings is 1. The summed E-state index contributed by atoms with van der Waals surface area (Å²) >= 11 is 1.60. The molecule has 0 aromatic carbocycles. The minimum absolute atomic E-state index is 0.187. The van der Waals surface area contributed by atoms with E-state index in [1.165, 1.54) is 0 Å². The Hall–Kier alpha value is -1.11. The largest absolute Gasteiger partial charge is 0.444 e. The van der Waals surface area contributed by atoms with Gasteiger partial charge in [-0.25, -0.2) is 4.79 Å². The van der Waals surface area contributed by atoms with Crippen molar-refractivity contribution < 1.29 is 14.3 Å². The molecule has 1 saturated heterocycles. The van der Waals surface area contributed by atoms with Gasteiger partial charge < -0.3 is 15.2 Å². The van der Waals surface area contributed by atoms with Crippen LogP contribution >= 0.6 is 11.3 Å². The average molecular weight is 298 g/mol. The second kappa shape index (κ2) is 6.11. The smallest absolute Gasteiger partial charge is 0.410 e. The second-order valence-electron chi connectivity index (χ2n) is 5.90. The molecule has 0 aliphatic carbocycles. The third-order valence-corrected chi connectivity index (χ3v) is 3.84. The molecule has 6 heteroatoms. The number of amides is 1.